The molecule has 4 heteroatoms. The summed E-state index contributed by atoms with van der Waals surface area (Å²) in [6.45, 7) is 4.18. The van der Waals surface area contributed by atoms with Gasteiger partial charge in [0.15, 0.2) is 0 Å². The van der Waals surface area contributed by atoms with Gasteiger partial charge in [-0.2, -0.15) is 0 Å². The fraction of sp³-hybridized carbons (Fsp3) is 0.533. The number of nitrogens with zero attached hydrogens (tertiary/aromatic N) is 1. The van der Waals surface area contributed by atoms with Crippen molar-refractivity contribution in [3.63, 3.8) is 0 Å². The summed E-state index contributed by atoms with van der Waals surface area (Å²) in [4.78, 5) is 12.9. The maximum absolute atomic E-state index is 10.8. The molecule has 1 aliphatic rings. The normalized spacial score (nSPS) is 18.5. The lowest BCUT2D eigenvalue weighted by atomic mass is 10.1. The molecular formula is C15H21NO3. The summed E-state index contributed by atoms with van der Waals surface area (Å²) in [7, 11) is 0. The predicted octanol–water partition coefficient (Wildman–Crippen LogP) is 2.46. The van der Waals surface area contributed by atoms with E-state index in [4.69, 9.17) is 9.84 Å². The van der Waals surface area contributed by atoms with Gasteiger partial charge in [-0.15, -0.1) is 0 Å². The Morgan fingerprint density at radius 3 is 2.89 bits per heavy atom. The summed E-state index contributed by atoms with van der Waals surface area (Å²) in [5.74, 6) is -0.758. The van der Waals surface area contributed by atoms with Gasteiger partial charge in [0.25, 0.3) is 0 Å². The number of carboxylic acids is 1. The van der Waals surface area contributed by atoms with Gasteiger partial charge in [0.2, 0.25) is 0 Å². The Morgan fingerprint density at radius 1 is 1.47 bits per heavy atom. The average molecular weight is 263 g/mol. The lowest BCUT2D eigenvalue weighted by Crippen LogP contribution is -2.34. The third kappa shape index (κ3) is 3.96. The number of carbonyl (C=O) groups is 1. The first-order valence-electron chi connectivity index (χ1n) is 6.81. The zero-order valence-electron chi connectivity index (χ0n) is 11.3. The van der Waals surface area contributed by atoms with Crippen LogP contribution in [0.15, 0.2) is 24.3 Å². The number of rotatable bonds is 6. The monoisotopic (exact) mass is 263 g/mol. The summed E-state index contributed by atoms with van der Waals surface area (Å²) in [5, 5.41) is 8.88. The van der Waals surface area contributed by atoms with Gasteiger partial charge < -0.3 is 14.7 Å². The van der Waals surface area contributed by atoms with E-state index in [9.17, 15) is 4.79 Å². The highest BCUT2D eigenvalue weighted by Crippen LogP contribution is 2.22. The number of benzene rings is 1. The Labute approximate surface area is 114 Å². The van der Waals surface area contributed by atoms with Gasteiger partial charge in [-0.05, 0) is 31.4 Å². The third-order valence-corrected chi connectivity index (χ3v) is 3.50. The highest BCUT2D eigenvalue weighted by molar-refractivity contribution is 5.68. The number of hydrogen-bond acceptors (Lipinski definition) is 3. The maximum Gasteiger partial charge on any atom is 0.305 e. The molecular weight excluding hydrogens is 242 g/mol. The van der Waals surface area contributed by atoms with Gasteiger partial charge in [-0.25, -0.2) is 0 Å². The minimum atomic E-state index is -0.758. The number of para-hydroxylation sites is 1. The molecule has 1 aliphatic heterocycles. The molecule has 1 unspecified atom stereocenters. The van der Waals surface area contributed by atoms with E-state index in [-0.39, 0.29) is 12.5 Å². The molecule has 104 valence electrons. The van der Waals surface area contributed by atoms with Crippen LogP contribution in [0.2, 0.25) is 0 Å². The van der Waals surface area contributed by atoms with Crippen LogP contribution < -0.4 is 4.90 Å². The van der Waals surface area contributed by atoms with E-state index in [1.807, 2.05) is 18.2 Å². The molecule has 0 radical (unpaired) electrons. The summed E-state index contributed by atoms with van der Waals surface area (Å²) < 4.78 is 5.66. The van der Waals surface area contributed by atoms with Crippen LogP contribution in [-0.4, -0.2) is 36.9 Å². The zero-order chi connectivity index (χ0) is 13.7. The first-order chi connectivity index (χ1) is 9.16. The van der Waals surface area contributed by atoms with Gasteiger partial charge in [0.05, 0.1) is 12.5 Å². The number of carboxylic acid groups (broad SMARTS) is 1. The van der Waals surface area contributed by atoms with Crippen LogP contribution >= 0.6 is 0 Å². The maximum atomic E-state index is 10.8. The highest BCUT2D eigenvalue weighted by Gasteiger charge is 2.20. The van der Waals surface area contributed by atoms with E-state index in [1.165, 1.54) is 5.56 Å². The van der Waals surface area contributed by atoms with Gasteiger partial charge in [0.1, 0.15) is 0 Å². The number of aliphatic carboxylic acids is 1. The van der Waals surface area contributed by atoms with E-state index in [1.54, 1.807) is 0 Å². The van der Waals surface area contributed by atoms with Crippen molar-refractivity contribution < 1.29 is 14.6 Å². The average Bonchev–Trinajstić information content (AvgIpc) is 2.88. The molecule has 0 spiro atoms. The lowest BCUT2D eigenvalue weighted by molar-refractivity contribution is -0.136. The Hall–Kier alpha value is -1.55. The smallest absolute Gasteiger partial charge is 0.305 e. The van der Waals surface area contributed by atoms with E-state index in [0.29, 0.717) is 6.54 Å². The van der Waals surface area contributed by atoms with Crippen LogP contribution in [0.5, 0.6) is 0 Å². The molecule has 0 amide bonds. The first-order valence-corrected chi connectivity index (χ1v) is 6.81. The molecule has 0 aromatic heterocycles. The second kappa shape index (κ2) is 6.57. The van der Waals surface area contributed by atoms with E-state index in [0.717, 1.165) is 31.7 Å². The molecule has 2 rings (SSSR count). The van der Waals surface area contributed by atoms with Crippen LogP contribution in [-0.2, 0) is 9.53 Å². The van der Waals surface area contributed by atoms with Crippen molar-refractivity contribution in [3.05, 3.63) is 29.8 Å². The van der Waals surface area contributed by atoms with Crippen molar-refractivity contribution in [2.75, 3.05) is 24.6 Å². The first kappa shape index (κ1) is 13.9. The van der Waals surface area contributed by atoms with Crippen molar-refractivity contribution in [1.29, 1.82) is 0 Å². The molecule has 1 aromatic carbocycles. The molecule has 1 atom stereocenters. The zero-order valence-corrected chi connectivity index (χ0v) is 11.3. The number of anilines is 1. The fourth-order valence-electron chi connectivity index (χ4n) is 2.49. The van der Waals surface area contributed by atoms with Crippen molar-refractivity contribution in [1.82, 2.24) is 0 Å². The molecule has 0 saturated carbocycles. The Bertz CT molecular complexity index is 427. The van der Waals surface area contributed by atoms with Crippen LogP contribution in [0.1, 0.15) is 24.8 Å². The van der Waals surface area contributed by atoms with Gasteiger partial charge in [-0.3, -0.25) is 4.79 Å². The van der Waals surface area contributed by atoms with Crippen LogP contribution in [0.3, 0.4) is 0 Å². The van der Waals surface area contributed by atoms with Gasteiger partial charge in [0, 0.05) is 25.4 Å². The van der Waals surface area contributed by atoms with E-state index >= 15 is 0 Å². The van der Waals surface area contributed by atoms with Crippen molar-refractivity contribution in [2.45, 2.75) is 32.3 Å². The van der Waals surface area contributed by atoms with Crippen molar-refractivity contribution in [3.8, 4) is 0 Å². The number of aryl methyl sites for hydroxylation is 1. The molecule has 1 fully saturated rings. The predicted molar refractivity (Wildman–Crippen MR) is 74.6 cm³/mol. The van der Waals surface area contributed by atoms with E-state index < -0.39 is 5.97 Å². The van der Waals surface area contributed by atoms with Gasteiger partial charge >= 0.3 is 5.97 Å². The molecule has 1 N–H and O–H groups in total. The molecule has 0 aliphatic carbocycles. The summed E-state index contributed by atoms with van der Waals surface area (Å²) in [6.07, 6.45) is 2.55. The van der Waals surface area contributed by atoms with Crippen molar-refractivity contribution in [2.24, 2.45) is 0 Å². The minimum absolute atomic E-state index is 0.154. The number of ether oxygens (including phenoxy) is 1. The quantitative estimate of drug-likeness (QED) is 0.856. The summed E-state index contributed by atoms with van der Waals surface area (Å²) in [6, 6.07) is 8.09. The second-order valence-electron chi connectivity index (χ2n) is 5.01. The fourth-order valence-corrected chi connectivity index (χ4v) is 2.49. The van der Waals surface area contributed by atoms with Crippen LogP contribution in [0.4, 0.5) is 5.69 Å². The highest BCUT2D eigenvalue weighted by atomic mass is 16.5. The second-order valence-corrected chi connectivity index (χ2v) is 5.01. The van der Waals surface area contributed by atoms with Crippen LogP contribution in [0.25, 0.3) is 0 Å². The molecule has 1 heterocycles. The topological polar surface area (TPSA) is 49.8 Å². The SMILES string of the molecule is Cc1ccccc1N(CCC(=O)O)CC1CCCO1. The summed E-state index contributed by atoms with van der Waals surface area (Å²) in [5.41, 5.74) is 2.28. The largest absolute Gasteiger partial charge is 0.481 e. The van der Waals surface area contributed by atoms with Crippen LogP contribution in [0, 0.1) is 6.92 Å². The summed E-state index contributed by atoms with van der Waals surface area (Å²) >= 11 is 0. The Morgan fingerprint density at radius 2 is 2.26 bits per heavy atom. The Kier molecular flexibility index (Phi) is 4.80. The lowest BCUT2D eigenvalue weighted by Gasteiger charge is -2.28. The van der Waals surface area contributed by atoms with Crippen molar-refractivity contribution >= 4 is 11.7 Å². The standard InChI is InChI=1S/C15H21NO3/c1-12-5-2-3-7-14(12)16(9-8-15(17)18)11-13-6-4-10-19-13/h2-3,5,7,13H,4,6,8-11H2,1H3,(H,17,18). The molecule has 1 saturated heterocycles. The van der Waals surface area contributed by atoms with Gasteiger partial charge in [-0.1, -0.05) is 18.2 Å². The third-order valence-electron chi connectivity index (χ3n) is 3.50. The Balaban J connectivity index is 2.08. The molecule has 0 bridgehead atoms. The molecule has 1 aromatic rings. The number of hydrogen-bond donors (Lipinski definition) is 1. The van der Waals surface area contributed by atoms with E-state index in [2.05, 4.69) is 17.9 Å². The molecule has 19 heavy (non-hydrogen) atoms. The minimum Gasteiger partial charge on any atom is -0.481 e. The molecule has 4 nitrogen and oxygen atoms in total.